The fraction of sp³-hybridized carbons (Fsp3) is 0.0909. The fourth-order valence-corrected chi connectivity index (χ4v) is 1.03. The van der Waals surface area contributed by atoms with Gasteiger partial charge in [-0.2, -0.15) is 0 Å². The van der Waals surface area contributed by atoms with Gasteiger partial charge in [0.15, 0.2) is 0 Å². The lowest BCUT2D eigenvalue weighted by atomic mass is 10.1. The molecule has 1 N–H and O–H groups in total. The molecule has 0 spiro atoms. The summed E-state index contributed by atoms with van der Waals surface area (Å²) in [5.41, 5.74) is 1.04. The molecule has 0 aliphatic heterocycles. The largest absolute Gasteiger partial charge is 0.475 e. The van der Waals surface area contributed by atoms with Crippen LogP contribution >= 0.6 is 0 Å². The van der Waals surface area contributed by atoms with Crippen molar-refractivity contribution in [1.82, 2.24) is 0 Å². The third kappa shape index (κ3) is 2.55. The van der Waals surface area contributed by atoms with Gasteiger partial charge in [-0.15, -0.1) is 0 Å². The molecule has 72 valence electrons. The lowest BCUT2D eigenvalue weighted by Crippen LogP contribution is -2.13. The molecule has 1 rings (SSSR count). The highest BCUT2D eigenvalue weighted by molar-refractivity contribution is 6.40. The molecule has 0 aliphatic rings. The number of benzene rings is 1. The molecule has 1 aromatic carbocycles. The van der Waals surface area contributed by atoms with Gasteiger partial charge in [0.2, 0.25) is 0 Å². The molecule has 0 atom stereocenters. The molecule has 0 aliphatic carbocycles. The van der Waals surface area contributed by atoms with Gasteiger partial charge in [0.05, 0.1) is 0 Å². The maximum atomic E-state index is 11.0. The van der Waals surface area contributed by atoms with Gasteiger partial charge < -0.3 is 5.11 Å². The number of carbonyl (C=O) groups is 2. The first-order chi connectivity index (χ1) is 6.61. The van der Waals surface area contributed by atoms with Crippen molar-refractivity contribution in [1.29, 1.82) is 0 Å². The lowest BCUT2D eigenvalue weighted by Gasteiger charge is -1.95. The lowest BCUT2D eigenvalue weighted by molar-refractivity contribution is -0.147. The van der Waals surface area contributed by atoms with Crippen molar-refractivity contribution >= 4 is 17.8 Å². The van der Waals surface area contributed by atoms with Gasteiger partial charge >= 0.3 is 5.97 Å². The number of aliphatic carboxylic acids is 1. The Morgan fingerprint density at radius 3 is 2.29 bits per heavy atom. The van der Waals surface area contributed by atoms with Crippen LogP contribution < -0.4 is 0 Å². The number of carboxylic acid groups (broad SMARTS) is 1. The summed E-state index contributed by atoms with van der Waals surface area (Å²) in [5.74, 6) is -2.29. The molecule has 0 saturated carbocycles. The van der Waals surface area contributed by atoms with Crippen LogP contribution in [0.3, 0.4) is 0 Å². The molecule has 0 saturated heterocycles. The Morgan fingerprint density at radius 1 is 1.21 bits per heavy atom. The zero-order valence-electron chi connectivity index (χ0n) is 7.73. The Balaban J connectivity index is 2.90. The molecular weight excluding hydrogens is 180 g/mol. The molecule has 14 heavy (non-hydrogen) atoms. The summed E-state index contributed by atoms with van der Waals surface area (Å²) in [6.07, 6.45) is 1.55. The Kier molecular flexibility index (Phi) is 3.18. The smallest absolute Gasteiger partial charge is 0.376 e. The Hall–Kier alpha value is -1.90. The molecule has 0 radical (unpaired) electrons. The zero-order valence-corrected chi connectivity index (χ0v) is 7.73. The van der Waals surface area contributed by atoms with Crippen LogP contribution in [0.25, 0.3) is 6.08 Å². The predicted molar refractivity (Wildman–Crippen MR) is 52.7 cm³/mol. The third-order valence-electron chi connectivity index (χ3n) is 1.74. The molecular formula is C11H10O3. The van der Waals surface area contributed by atoms with E-state index in [9.17, 15) is 9.59 Å². The predicted octanol–water partition coefficient (Wildman–Crippen LogP) is 1.74. The molecule has 0 aromatic heterocycles. The van der Waals surface area contributed by atoms with E-state index < -0.39 is 11.8 Å². The van der Waals surface area contributed by atoms with Gasteiger partial charge in [-0.1, -0.05) is 30.3 Å². The van der Waals surface area contributed by atoms with Crippen molar-refractivity contribution < 1.29 is 14.7 Å². The Morgan fingerprint density at radius 2 is 1.79 bits per heavy atom. The first-order valence-corrected chi connectivity index (χ1v) is 4.12. The maximum Gasteiger partial charge on any atom is 0.376 e. The van der Waals surface area contributed by atoms with Crippen molar-refractivity contribution in [2.24, 2.45) is 0 Å². The van der Waals surface area contributed by atoms with E-state index in [1.165, 1.54) is 6.92 Å². The minimum atomic E-state index is -1.42. The van der Waals surface area contributed by atoms with E-state index in [0.717, 1.165) is 5.56 Å². The number of carboxylic acids is 1. The molecule has 0 unspecified atom stereocenters. The molecule has 0 heterocycles. The molecule has 0 fully saturated rings. The third-order valence-corrected chi connectivity index (χ3v) is 1.74. The summed E-state index contributed by atoms with van der Waals surface area (Å²) in [6, 6.07) is 9.11. The number of hydrogen-bond acceptors (Lipinski definition) is 2. The van der Waals surface area contributed by atoms with Crippen LogP contribution in [0.1, 0.15) is 12.5 Å². The van der Waals surface area contributed by atoms with E-state index in [4.69, 9.17) is 5.11 Å². The molecule has 0 bridgehead atoms. The van der Waals surface area contributed by atoms with Gasteiger partial charge in [-0.3, -0.25) is 4.79 Å². The van der Waals surface area contributed by atoms with Gasteiger partial charge in [-0.25, -0.2) is 4.79 Å². The SMILES string of the molecule is C/C(=C\c1ccccc1)C(=O)C(=O)O. The summed E-state index contributed by atoms with van der Waals surface area (Å²) in [5, 5.41) is 8.44. The fourth-order valence-electron chi connectivity index (χ4n) is 1.03. The summed E-state index contributed by atoms with van der Waals surface area (Å²) in [7, 11) is 0. The van der Waals surface area contributed by atoms with Crippen molar-refractivity contribution in [2.75, 3.05) is 0 Å². The highest BCUT2D eigenvalue weighted by atomic mass is 16.4. The minimum absolute atomic E-state index is 0.226. The number of Topliss-reactive ketones (excluding diaryl/α,β-unsaturated/α-hetero) is 1. The first kappa shape index (κ1) is 10.2. The number of ketones is 1. The van der Waals surface area contributed by atoms with E-state index in [1.807, 2.05) is 18.2 Å². The van der Waals surface area contributed by atoms with Crippen LogP contribution in [-0.2, 0) is 9.59 Å². The number of carbonyl (C=O) groups excluding carboxylic acids is 1. The van der Waals surface area contributed by atoms with Crippen molar-refractivity contribution in [3.05, 3.63) is 41.5 Å². The maximum absolute atomic E-state index is 11.0. The van der Waals surface area contributed by atoms with Crippen molar-refractivity contribution in [3.63, 3.8) is 0 Å². The summed E-state index contributed by atoms with van der Waals surface area (Å²) < 4.78 is 0. The molecule has 3 heteroatoms. The Labute approximate surface area is 81.7 Å². The average Bonchev–Trinajstić information content (AvgIpc) is 2.18. The van der Waals surface area contributed by atoms with Crippen LogP contribution in [-0.4, -0.2) is 16.9 Å². The van der Waals surface area contributed by atoms with Gasteiger partial charge in [0.1, 0.15) is 0 Å². The summed E-state index contributed by atoms with van der Waals surface area (Å²) in [4.78, 5) is 21.3. The first-order valence-electron chi connectivity index (χ1n) is 4.12. The van der Waals surface area contributed by atoms with Crippen molar-refractivity contribution in [2.45, 2.75) is 6.92 Å². The van der Waals surface area contributed by atoms with Crippen molar-refractivity contribution in [3.8, 4) is 0 Å². The van der Waals surface area contributed by atoms with E-state index in [-0.39, 0.29) is 5.57 Å². The Bertz CT molecular complexity index is 377. The summed E-state index contributed by atoms with van der Waals surface area (Å²) in [6.45, 7) is 1.49. The van der Waals surface area contributed by atoms with Crippen LogP contribution in [0.4, 0.5) is 0 Å². The number of rotatable bonds is 3. The molecule has 0 amide bonds. The molecule has 3 nitrogen and oxygen atoms in total. The van der Waals surface area contributed by atoms with E-state index >= 15 is 0 Å². The zero-order chi connectivity index (χ0) is 10.6. The average molecular weight is 190 g/mol. The number of hydrogen-bond donors (Lipinski definition) is 1. The second kappa shape index (κ2) is 4.37. The quantitative estimate of drug-likeness (QED) is 0.583. The van der Waals surface area contributed by atoms with Crippen LogP contribution in [0, 0.1) is 0 Å². The topological polar surface area (TPSA) is 54.4 Å². The molecule has 1 aromatic rings. The standard InChI is InChI=1S/C11H10O3/c1-8(10(12)11(13)14)7-9-5-3-2-4-6-9/h2-7H,1H3,(H,13,14)/b8-7+. The summed E-state index contributed by atoms with van der Waals surface area (Å²) >= 11 is 0. The highest BCUT2D eigenvalue weighted by Crippen LogP contribution is 2.06. The van der Waals surface area contributed by atoms with Crippen LogP contribution in [0.2, 0.25) is 0 Å². The van der Waals surface area contributed by atoms with Gasteiger partial charge in [0.25, 0.3) is 5.78 Å². The van der Waals surface area contributed by atoms with Crippen LogP contribution in [0.15, 0.2) is 35.9 Å². The minimum Gasteiger partial charge on any atom is -0.475 e. The van der Waals surface area contributed by atoms with Crippen LogP contribution in [0.5, 0.6) is 0 Å². The van der Waals surface area contributed by atoms with E-state index in [0.29, 0.717) is 0 Å². The monoisotopic (exact) mass is 190 g/mol. The van der Waals surface area contributed by atoms with E-state index in [1.54, 1.807) is 18.2 Å². The highest BCUT2D eigenvalue weighted by Gasteiger charge is 2.12. The normalized spacial score (nSPS) is 11.1. The van der Waals surface area contributed by atoms with E-state index in [2.05, 4.69) is 0 Å². The van der Waals surface area contributed by atoms with Gasteiger partial charge in [0, 0.05) is 5.57 Å². The van der Waals surface area contributed by atoms with Gasteiger partial charge in [-0.05, 0) is 18.6 Å². The second-order valence-electron chi connectivity index (χ2n) is 2.87. The second-order valence-corrected chi connectivity index (χ2v) is 2.87.